The minimum Gasteiger partial charge on any atom is -0.483 e. The lowest BCUT2D eigenvalue weighted by atomic mass is 10.1. The SMILES string of the molecule is O=C(O)COc1ccc(NC(=O)COc2cccc3cc(Cl)cc(Cl)c23)c(OCC(=O)O)c1. The highest BCUT2D eigenvalue weighted by Crippen LogP contribution is 2.35. The van der Waals surface area contributed by atoms with E-state index in [1.165, 1.54) is 18.2 Å². The lowest BCUT2D eigenvalue weighted by Gasteiger charge is -2.14. The molecule has 3 N–H and O–H groups in total. The largest absolute Gasteiger partial charge is 0.483 e. The number of anilines is 1. The first-order valence-corrected chi connectivity index (χ1v) is 10.1. The molecule has 0 aromatic heterocycles. The molecule has 0 spiro atoms. The normalized spacial score (nSPS) is 10.5. The van der Waals surface area contributed by atoms with E-state index in [1.54, 1.807) is 30.3 Å². The van der Waals surface area contributed by atoms with E-state index in [1.807, 2.05) is 0 Å². The molecule has 0 heterocycles. The maximum Gasteiger partial charge on any atom is 0.341 e. The maximum atomic E-state index is 12.5. The molecule has 3 rings (SSSR count). The van der Waals surface area contributed by atoms with E-state index in [0.717, 1.165) is 5.39 Å². The fourth-order valence-corrected chi connectivity index (χ4v) is 3.46. The molecule has 33 heavy (non-hydrogen) atoms. The van der Waals surface area contributed by atoms with Crippen LogP contribution in [0.2, 0.25) is 10.0 Å². The number of benzene rings is 3. The van der Waals surface area contributed by atoms with Crippen molar-refractivity contribution < 1.29 is 38.8 Å². The average Bonchev–Trinajstić information content (AvgIpc) is 2.75. The molecule has 172 valence electrons. The average molecular weight is 494 g/mol. The number of ether oxygens (including phenoxy) is 3. The summed E-state index contributed by atoms with van der Waals surface area (Å²) in [5.74, 6) is -2.50. The van der Waals surface area contributed by atoms with Gasteiger partial charge in [-0.1, -0.05) is 35.3 Å². The van der Waals surface area contributed by atoms with Gasteiger partial charge in [0.25, 0.3) is 5.91 Å². The topological polar surface area (TPSA) is 131 Å². The predicted molar refractivity (Wildman–Crippen MR) is 121 cm³/mol. The Morgan fingerprint density at radius 3 is 2.24 bits per heavy atom. The number of fused-ring (bicyclic) bond motifs is 1. The molecule has 0 aliphatic carbocycles. The Labute approximate surface area is 197 Å². The van der Waals surface area contributed by atoms with Crippen LogP contribution in [0.5, 0.6) is 17.2 Å². The lowest BCUT2D eigenvalue weighted by molar-refractivity contribution is -0.140. The summed E-state index contributed by atoms with van der Waals surface area (Å²) in [6.07, 6.45) is 0. The van der Waals surface area contributed by atoms with Gasteiger partial charge in [-0.2, -0.15) is 0 Å². The highest BCUT2D eigenvalue weighted by molar-refractivity contribution is 6.39. The molecule has 3 aromatic carbocycles. The van der Waals surface area contributed by atoms with Gasteiger partial charge in [-0.15, -0.1) is 0 Å². The van der Waals surface area contributed by atoms with Crippen LogP contribution < -0.4 is 19.5 Å². The molecule has 0 fully saturated rings. The van der Waals surface area contributed by atoms with Gasteiger partial charge in [-0.3, -0.25) is 4.79 Å². The Hall–Kier alpha value is -3.69. The first-order chi connectivity index (χ1) is 15.7. The lowest BCUT2D eigenvalue weighted by Crippen LogP contribution is -2.21. The number of halogens is 2. The monoisotopic (exact) mass is 493 g/mol. The van der Waals surface area contributed by atoms with Gasteiger partial charge in [-0.25, -0.2) is 9.59 Å². The molecule has 11 heteroatoms. The maximum absolute atomic E-state index is 12.5. The summed E-state index contributed by atoms with van der Waals surface area (Å²) in [6.45, 7) is -1.66. The molecule has 0 atom stereocenters. The van der Waals surface area contributed by atoms with Crippen LogP contribution in [0.3, 0.4) is 0 Å². The van der Waals surface area contributed by atoms with Crippen molar-refractivity contribution in [1.29, 1.82) is 0 Å². The minimum absolute atomic E-state index is 0.0171. The first kappa shape index (κ1) is 24.0. The highest BCUT2D eigenvalue weighted by Gasteiger charge is 2.14. The van der Waals surface area contributed by atoms with Crippen molar-refractivity contribution in [3.63, 3.8) is 0 Å². The number of amides is 1. The number of rotatable bonds is 10. The Balaban J connectivity index is 1.73. The summed E-state index contributed by atoms with van der Waals surface area (Å²) >= 11 is 12.3. The van der Waals surface area contributed by atoms with Gasteiger partial charge >= 0.3 is 11.9 Å². The third-order valence-corrected chi connectivity index (χ3v) is 4.67. The van der Waals surface area contributed by atoms with Crippen LogP contribution in [-0.4, -0.2) is 47.9 Å². The number of nitrogens with one attached hydrogen (secondary N) is 1. The third-order valence-electron chi connectivity index (χ3n) is 4.15. The molecular weight excluding hydrogens is 477 g/mol. The van der Waals surface area contributed by atoms with Crippen molar-refractivity contribution in [2.45, 2.75) is 0 Å². The van der Waals surface area contributed by atoms with Crippen LogP contribution in [0, 0.1) is 0 Å². The van der Waals surface area contributed by atoms with Gasteiger partial charge in [0.1, 0.15) is 17.2 Å². The van der Waals surface area contributed by atoms with Gasteiger partial charge < -0.3 is 29.7 Å². The molecule has 9 nitrogen and oxygen atoms in total. The van der Waals surface area contributed by atoms with Crippen molar-refractivity contribution in [2.75, 3.05) is 25.1 Å². The van der Waals surface area contributed by atoms with Crippen molar-refractivity contribution in [2.24, 2.45) is 0 Å². The van der Waals surface area contributed by atoms with Crippen LogP contribution in [0.15, 0.2) is 48.5 Å². The van der Waals surface area contributed by atoms with E-state index in [0.29, 0.717) is 21.2 Å². The summed E-state index contributed by atoms with van der Waals surface area (Å²) in [5, 5.41) is 22.3. The van der Waals surface area contributed by atoms with E-state index in [-0.39, 0.29) is 23.8 Å². The second kappa shape index (κ2) is 10.8. The van der Waals surface area contributed by atoms with Gasteiger partial charge in [-0.05, 0) is 35.7 Å². The van der Waals surface area contributed by atoms with Crippen molar-refractivity contribution in [1.82, 2.24) is 0 Å². The quantitative estimate of drug-likeness (QED) is 0.384. The zero-order valence-electron chi connectivity index (χ0n) is 16.8. The highest BCUT2D eigenvalue weighted by atomic mass is 35.5. The summed E-state index contributed by atoms with van der Waals surface area (Å²) < 4.78 is 15.9. The van der Waals surface area contributed by atoms with Gasteiger partial charge in [0.2, 0.25) is 0 Å². The second-order valence-electron chi connectivity index (χ2n) is 6.60. The molecule has 0 unspecified atom stereocenters. The second-order valence-corrected chi connectivity index (χ2v) is 7.45. The van der Waals surface area contributed by atoms with Gasteiger partial charge in [0.15, 0.2) is 19.8 Å². The number of hydrogen-bond acceptors (Lipinski definition) is 6. The van der Waals surface area contributed by atoms with Crippen LogP contribution in [0.25, 0.3) is 10.8 Å². The molecule has 0 radical (unpaired) electrons. The van der Waals surface area contributed by atoms with Crippen LogP contribution in [0.1, 0.15) is 0 Å². The number of hydrogen-bond donors (Lipinski definition) is 3. The first-order valence-electron chi connectivity index (χ1n) is 9.36. The Kier molecular flexibility index (Phi) is 7.81. The number of carboxylic acid groups (broad SMARTS) is 2. The summed E-state index contributed by atoms with van der Waals surface area (Å²) in [6, 6.07) is 12.6. The smallest absolute Gasteiger partial charge is 0.341 e. The molecule has 0 aliphatic rings. The molecule has 0 aliphatic heterocycles. The van der Waals surface area contributed by atoms with Gasteiger partial charge in [0, 0.05) is 16.5 Å². The fraction of sp³-hybridized carbons (Fsp3) is 0.136. The molecule has 3 aromatic rings. The Morgan fingerprint density at radius 1 is 0.818 bits per heavy atom. The molecule has 1 amide bonds. The summed E-state index contributed by atoms with van der Waals surface area (Å²) in [5.41, 5.74) is 0.148. The molecule has 0 bridgehead atoms. The summed E-state index contributed by atoms with van der Waals surface area (Å²) in [4.78, 5) is 34.0. The Morgan fingerprint density at radius 2 is 1.52 bits per heavy atom. The zero-order valence-corrected chi connectivity index (χ0v) is 18.4. The molecule has 0 saturated heterocycles. The number of carboxylic acids is 2. The third kappa shape index (κ3) is 6.64. The van der Waals surface area contributed by atoms with E-state index in [9.17, 15) is 14.4 Å². The number of aliphatic carboxylic acids is 2. The van der Waals surface area contributed by atoms with Crippen LogP contribution in [0.4, 0.5) is 5.69 Å². The van der Waals surface area contributed by atoms with E-state index in [2.05, 4.69) is 5.32 Å². The van der Waals surface area contributed by atoms with Crippen molar-refractivity contribution in [3.05, 3.63) is 58.6 Å². The van der Waals surface area contributed by atoms with E-state index in [4.69, 9.17) is 47.6 Å². The fourth-order valence-electron chi connectivity index (χ4n) is 2.86. The predicted octanol–water partition coefficient (Wildman–Crippen LogP) is 4.09. The van der Waals surface area contributed by atoms with Crippen molar-refractivity contribution in [3.8, 4) is 17.2 Å². The van der Waals surface area contributed by atoms with Gasteiger partial charge in [0.05, 0.1) is 10.7 Å². The Bertz CT molecular complexity index is 1210. The molecule has 0 saturated carbocycles. The van der Waals surface area contributed by atoms with E-state index >= 15 is 0 Å². The van der Waals surface area contributed by atoms with Crippen LogP contribution in [-0.2, 0) is 14.4 Å². The standard InChI is InChI=1S/C22H17Cl2NO8/c23-13-6-12-2-1-3-17(22(12)15(24)7-13)32-9-19(26)25-16-5-4-14(31-10-20(27)28)8-18(16)33-11-21(29)30/h1-8H,9-11H2,(H,25,26)(H,27,28)(H,29,30). The molecular formula is C22H17Cl2NO8. The van der Waals surface area contributed by atoms with Crippen LogP contribution >= 0.6 is 23.2 Å². The van der Waals surface area contributed by atoms with E-state index < -0.39 is 31.1 Å². The minimum atomic E-state index is -1.24. The summed E-state index contributed by atoms with van der Waals surface area (Å²) in [7, 11) is 0. The number of carbonyl (C=O) groups excluding carboxylic acids is 1. The number of carbonyl (C=O) groups is 3. The van der Waals surface area contributed by atoms with Crippen molar-refractivity contribution >= 4 is 57.5 Å². The zero-order chi connectivity index (χ0) is 24.0.